The number of aromatic nitrogens is 2. The number of imidazole rings is 1. The summed E-state index contributed by atoms with van der Waals surface area (Å²) >= 11 is 0. The number of Topliss-reactive ketones (excluding diaryl/α,β-unsaturated/α-hetero) is 1. The Morgan fingerprint density at radius 2 is 1.38 bits per heavy atom. The quantitative estimate of drug-likeness (QED) is 0.227. The number of phenols is 1. The molecule has 0 spiro atoms. The predicted molar refractivity (Wildman–Crippen MR) is 149 cm³/mol. The van der Waals surface area contributed by atoms with Crippen molar-refractivity contribution in [2.24, 2.45) is 0 Å². The van der Waals surface area contributed by atoms with Gasteiger partial charge in [-0.1, -0.05) is 60.1 Å². The minimum absolute atomic E-state index is 0. The van der Waals surface area contributed by atoms with Crippen LogP contribution in [0.3, 0.4) is 0 Å². The van der Waals surface area contributed by atoms with Crippen molar-refractivity contribution >= 4 is 35.2 Å². The zero-order valence-electron chi connectivity index (χ0n) is 22.7. The van der Waals surface area contributed by atoms with Gasteiger partial charge in [0, 0.05) is 29.7 Å². The molecule has 37 heavy (non-hydrogen) atoms. The van der Waals surface area contributed by atoms with Gasteiger partial charge in [0.15, 0.2) is 5.78 Å². The van der Waals surface area contributed by atoms with Crippen molar-refractivity contribution in [2.75, 3.05) is 0 Å². The normalized spacial score (nSPS) is 11.9. The number of carbonyl (C=O) groups is 2. The number of fused-ring (bicyclic) bond motifs is 1. The van der Waals surface area contributed by atoms with Crippen LogP contribution in [0.2, 0.25) is 0 Å². The Hall–Kier alpha value is -3.06. The molecule has 1 aromatic heterocycles. The number of nitrogens with zero attached hydrogens (tertiary/aromatic N) is 2. The minimum atomic E-state index is -0.794. The van der Waals surface area contributed by atoms with E-state index in [0.29, 0.717) is 18.5 Å². The van der Waals surface area contributed by atoms with Crippen LogP contribution in [0.25, 0.3) is 11.0 Å². The van der Waals surface area contributed by atoms with Crippen LogP contribution in [-0.4, -0.2) is 31.1 Å². The van der Waals surface area contributed by atoms with Crippen molar-refractivity contribution in [1.82, 2.24) is 9.13 Å². The number of hydrogen-bond donors (Lipinski definition) is 3. The topological polar surface area (TPSA) is 108 Å². The van der Waals surface area contributed by atoms with Crippen LogP contribution in [0.1, 0.15) is 88.7 Å². The molecule has 1 heterocycles. The van der Waals surface area contributed by atoms with Gasteiger partial charge in [0.25, 0.3) is 0 Å². The van der Waals surface area contributed by atoms with Crippen molar-refractivity contribution in [3.05, 3.63) is 58.7 Å². The summed E-state index contributed by atoms with van der Waals surface area (Å²) in [7, 11) is 0. The molecule has 3 N–H and O–H groups in total. The first kappa shape index (κ1) is 30.2. The predicted octanol–water partition coefficient (Wildman–Crippen LogP) is 6.17. The van der Waals surface area contributed by atoms with Gasteiger partial charge in [-0.3, -0.25) is 15.0 Å². The fraction of sp³-hybridized carbons (Fsp3) is 0.483. The number of benzene rings is 2. The Labute approximate surface area is 225 Å². The van der Waals surface area contributed by atoms with Gasteiger partial charge >= 0.3 is 5.97 Å². The van der Waals surface area contributed by atoms with Gasteiger partial charge in [-0.15, -0.1) is 12.4 Å². The summed E-state index contributed by atoms with van der Waals surface area (Å²) in [6.45, 7) is 12.7. The number of unbranched alkanes of at least 4 members (excludes halogenated alkanes) is 2. The highest BCUT2D eigenvalue weighted by Crippen LogP contribution is 2.40. The van der Waals surface area contributed by atoms with E-state index in [1.54, 1.807) is 16.7 Å². The number of rotatable bonds is 9. The van der Waals surface area contributed by atoms with Crippen LogP contribution in [0.15, 0.2) is 36.4 Å². The molecule has 2 aromatic carbocycles. The van der Waals surface area contributed by atoms with Gasteiger partial charge in [0.2, 0.25) is 5.62 Å². The summed E-state index contributed by atoms with van der Waals surface area (Å²) in [6, 6.07) is 11.3. The molecule has 0 unspecified atom stereocenters. The van der Waals surface area contributed by atoms with E-state index < -0.39 is 5.97 Å². The molecule has 3 aromatic rings. The largest absolute Gasteiger partial charge is 0.507 e. The van der Waals surface area contributed by atoms with Crippen molar-refractivity contribution in [2.45, 2.75) is 91.1 Å². The Bertz CT molecular complexity index is 1300. The lowest BCUT2D eigenvalue weighted by atomic mass is 9.78. The summed E-state index contributed by atoms with van der Waals surface area (Å²) in [6.07, 6.45) is 2.27. The molecule has 3 rings (SSSR count). The number of carboxylic acid groups (broad SMARTS) is 1. The zero-order chi connectivity index (χ0) is 26.8. The first-order chi connectivity index (χ1) is 16.7. The molecule has 0 aliphatic carbocycles. The molecule has 0 bridgehead atoms. The summed E-state index contributed by atoms with van der Waals surface area (Å²) in [5, 5.41) is 28.7. The lowest BCUT2D eigenvalue weighted by Gasteiger charge is -2.28. The van der Waals surface area contributed by atoms with Gasteiger partial charge < -0.3 is 19.3 Å². The molecule has 0 atom stereocenters. The molecule has 8 heteroatoms. The highest BCUT2D eigenvalue weighted by atomic mass is 35.5. The van der Waals surface area contributed by atoms with Crippen molar-refractivity contribution in [3.8, 4) is 5.75 Å². The van der Waals surface area contributed by atoms with Crippen LogP contribution in [-0.2, 0) is 28.7 Å². The second kappa shape index (κ2) is 11.5. The monoisotopic (exact) mass is 529 g/mol. The molecule has 0 fully saturated rings. The van der Waals surface area contributed by atoms with E-state index in [0.717, 1.165) is 35.0 Å². The number of aromatic hydroxyl groups is 1. The number of para-hydroxylation sites is 2. The SMILES string of the molecule is CC(C)(C)c1cc(C(=O)Cn2c(=N)n(CCCCCC(=O)O)c3ccccc32)cc(C(C)(C)C)c1O.Cl. The minimum Gasteiger partial charge on any atom is -0.507 e. The average Bonchev–Trinajstić information content (AvgIpc) is 3.03. The van der Waals surface area contributed by atoms with Crippen LogP contribution in [0, 0.1) is 5.41 Å². The fourth-order valence-corrected chi connectivity index (χ4v) is 4.58. The molecular formula is C29H40ClN3O4. The van der Waals surface area contributed by atoms with Gasteiger partial charge in [0.05, 0.1) is 17.6 Å². The van der Waals surface area contributed by atoms with Crippen LogP contribution in [0.5, 0.6) is 5.75 Å². The molecular weight excluding hydrogens is 490 g/mol. The zero-order valence-corrected chi connectivity index (χ0v) is 23.5. The van der Waals surface area contributed by atoms with E-state index >= 15 is 0 Å². The lowest BCUT2D eigenvalue weighted by molar-refractivity contribution is -0.137. The van der Waals surface area contributed by atoms with Crippen molar-refractivity contribution < 1.29 is 19.8 Å². The molecule has 0 aliphatic rings. The molecule has 0 saturated heterocycles. The van der Waals surface area contributed by atoms with Gasteiger partial charge in [-0.05, 0) is 47.9 Å². The van der Waals surface area contributed by atoms with Gasteiger partial charge in [-0.2, -0.15) is 0 Å². The third-order valence-electron chi connectivity index (χ3n) is 6.60. The number of aliphatic carboxylic acids is 1. The smallest absolute Gasteiger partial charge is 0.303 e. The summed E-state index contributed by atoms with van der Waals surface area (Å²) in [5.41, 5.74) is 3.25. The molecule has 0 radical (unpaired) electrons. The van der Waals surface area contributed by atoms with E-state index in [9.17, 15) is 14.7 Å². The number of carbonyl (C=O) groups excluding carboxylic acids is 1. The fourth-order valence-electron chi connectivity index (χ4n) is 4.58. The second-order valence-corrected chi connectivity index (χ2v) is 11.6. The van der Waals surface area contributed by atoms with Gasteiger partial charge in [0.1, 0.15) is 5.75 Å². The summed E-state index contributed by atoms with van der Waals surface area (Å²) < 4.78 is 3.62. The number of aryl methyl sites for hydroxylation is 1. The maximum atomic E-state index is 13.6. The molecule has 0 aliphatic heterocycles. The Balaban J connectivity index is 0.00000481. The van der Waals surface area contributed by atoms with E-state index in [4.69, 9.17) is 10.5 Å². The van der Waals surface area contributed by atoms with E-state index in [1.807, 2.05) is 70.4 Å². The standard InChI is InChI=1S/C29H39N3O4.ClH/c1-28(2,3)20-16-19(17-21(26(20)36)29(4,5)6)24(33)18-32-23-13-10-9-12-22(23)31(27(32)30)15-11-7-8-14-25(34)35;/h9-10,12-13,16-17,30,36H,7-8,11,14-15,18H2,1-6H3,(H,34,35);1H. The lowest BCUT2D eigenvalue weighted by Crippen LogP contribution is -2.28. The molecule has 0 saturated carbocycles. The maximum Gasteiger partial charge on any atom is 0.303 e. The molecule has 7 nitrogen and oxygen atoms in total. The third-order valence-corrected chi connectivity index (χ3v) is 6.60. The first-order valence-electron chi connectivity index (χ1n) is 12.6. The van der Waals surface area contributed by atoms with Crippen LogP contribution < -0.4 is 5.62 Å². The maximum absolute atomic E-state index is 13.6. The Morgan fingerprint density at radius 3 is 1.86 bits per heavy atom. The average molecular weight is 530 g/mol. The van der Waals surface area contributed by atoms with E-state index in [2.05, 4.69) is 0 Å². The Morgan fingerprint density at radius 1 is 0.865 bits per heavy atom. The van der Waals surface area contributed by atoms with Crippen molar-refractivity contribution in [3.63, 3.8) is 0 Å². The number of carboxylic acids is 1. The van der Waals surface area contributed by atoms with Crippen LogP contribution >= 0.6 is 12.4 Å². The summed E-state index contributed by atoms with van der Waals surface area (Å²) in [5.74, 6) is -0.675. The second-order valence-electron chi connectivity index (χ2n) is 11.6. The highest BCUT2D eigenvalue weighted by molar-refractivity contribution is 5.97. The van der Waals surface area contributed by atoms with Crippen LogP contribution in [0.4, 0.5) is 0 Å². The number of ketones is 1. The number of hydrogen-bond acceptors (Lipinski definition) is 4. The van der Waals surface area contributed by atoms with E-state index in [1.165, 1.54) is 0 Å². The number of halogens is 1. The third kappa shape index (κ3) is 6.83. The number of phenolic OH excluding ortho intramolecular Hbond substituents is 1. The Kier molecular flexibility index (Phi) is 9.42. The van der Waals surface area contributed by atoms with Crippen molar-refractivity contribution in [1.29, 1.82) is 5.41 Å². The first-order valence-corrected chi connectivity index (χ1v) is 12.6. The molecule has 202 valence electrons. The number of nitrogens with one attached hydrogen (secondary N) is 1. The van der Waals surface area contributed by atoms with Gasteiger partial charge in [-0.25, -0.2) is 0 Å². The summed E-state index contributed by atoms with van der Waals surface area (Å²) in [4.78, 5) is 24.4. The highest BCUT2D eigenvalue weighted by Gasteiger charge is 2.28. The molecule has 0 amide bonds. The van der Waals surface area contributed by atoms with E-state index in [-0.39, 0.29) is 53.4 Å².